The Kier molecular flexibility index (Phi) is 3.94. The molecule has 0 aliphatic heterocycles. The zero-order valence-electron chi connectivity index (χ0n) is 12.1. The molecule has 0 aliphatic carbocycles. The normalized spacial score (nSPS) is 12.7. The highest BCUT2D eigenvalue weighted by molar-refractivity contribution is 7.28. The molecule has 0 amide bonds. The molecule has 17 heavy (non-hydrogen) atoms. The van der Waals surface area contributed by atoms with Gasteiger partial charge in [0.15, 0.2) is 0 Å². The van der Waals surface area contributed by atoms with Gasteiger partial charge in [0.05, 0.1) is 7.11 Å². The monoisotopic (exact) mass is 252 g/mol. The molecule has 0 fully saturated rings. The predicted molar refractivity (Wildman–Crippen MR) is 79.7 cm³/mol. The molecule has 0 saturated carbocycles. The molecule has 0 aliphatic rings. The third-order valence-corrected chi connectivity index (χ3v) is 3.63. The zero-order chi connectivity index (χ0) is 13.4. The van der Waals surface area contributed by atoms with Gasteiger partial charge in [-0.2, -0.15) is 0 Å². The second kappa shape index (κ2) is 4.61. The van der Waals surface area contributed by atoms with Crippen molar-refractivity contribution in [3.63, 3.8) is 0 Å². The van der Waals surface area contributed by atoms with E-state index in [1.54, 1.807) is 7.11 Å². The molecule has 1 atom stereocenters. The van der Waals surface area contributed by atoms with E-state index in [2.05, 4.69) is 62.9 Å². The van der Waals surface area contributed by atoms with Crippen LogP contribution >= 0.6 is 9.24 Å². The lowest BCUT2D eigenvalue weighted by Crippen LogP contribution is -2.23. The van der Waals surface area contributed by atoms with Crippen molar-refractivity contribution in [3.05, 3.63) is 23.3 Å². The fraction of sp³-hybridized carbons (Fsp3) is 0.600. The first-order valence-electron chi connectivity index (χ1n) is 6.06. The SMILES string of the molecule is COc1cc(C(C)(C)C)cc(C(C)(C)C)c1P. The third-order valence-electron chi connectivity index (χ3n) is 3.04. The van der Waals surface area contributed by atoms with Gasteiger partial charge in [0, 0.05) is 5.30 Å². The first kappa shape index (κ1) is 14.5. The van der Waals surface area contributed by atoms with Gasteiger partial charge in [0.2, 0.25) is 0 Å². The van der Waals surface area contributed by atoms with E-state index in [0.717, 1.165) is 5.75 Å². The molecule has 96 valence electrons. The van der Waals surface area contributed by atoms with Gasteiger partial charge in [0.25, 0.3) is 0 Å². The molecule has 1 nitrogen and oxygen atoms in total. The number of rotatable bonds is 1. The third kappa shape index (κ3) is 3.22. The minimum atomic E-state index is 0.131. The Bertz CT molecular complexity index is 408. The van der Waals surface area contributed by atoms with E-state index in [1.807, 2.05) is 0 Å². The van der Waals surface area contributed by atoms with Crippen molar-refractivity contribution in [2.75, 3.05) is 7.11 Å². The highest BCUT2D eigenvalue weighted by atomic mass is 31.0. The standard InChI is InChI=1S/C15H25OP/c1-14(2,3)10-8-11(15(4,5)6)13(17)12(9-10)16-7/h8-9H,17H2,1-7H3. The van der Waals surface area contributed by atoms with Crippen LogP contribution in [0.25, 0.3) is 0 Å². The molecule has 0 aromatic heterocycles. The molecule has 2 heteroatoms. The summed E-state index contributed by atoms with van der Waals surface area (Å²) in [5, 5.41) is 1.17. The van der Waals surface area contributed by atoms with E-state index in [9.17, 15) is 0 Å². The second-order valence-electron chi connectivity index (χ2n) is 6.64. The summed E-state index contributed by atoms with van der Waals surface area (Å²) in [7, 11) is 4.55. The Morgan fingerprint density at radius 1 is 0.941 bits per heavy atom. The van der Waals surface area contributed by atoms with E-state index in [0.29, 0.717) is 0 Å². The molecule has 0 heterocycles. The van der Waals surface area contributed by atoms with Crippen LogP contribution in [0, 0.1) is 0 Å². The van der Waals surface area contributed by atoms with E-state index >= 15 is 0 Å². The van der Waals surface area contributed by atoms with Crippen molar-refractivity contribution < 1.29 is 4.74 Å². The predicted octanol–water partition coefficient (Wildman–Crippen LogP) is 3.79. The van der Waals surface area contributed by atoms with Crippen LogP contribution < -0.4 is 10.0 Å². The van der Waals surface area contributed by atoms with Crippen LogP contribution in [-0.4, -0.2) is 7.11 Å². The molecule has 1 unspecified atom stereocenters. The average molecular weight is 252 g/mol. The summed E-state index contributed by atoms with van der Waals surface area (Å²) in [4.78, 5) is 0. The summed E-state index contributed by atoms with van der Waals surface area (Å²) >= 11 is 0. The van der Waals surface area contributed by atoms with Crippen LogP contribution in [0.4, 0.5) is 0 Å². The number of hydrogen-bond donors (Lipinski definition) is 0. The summed E-state index contributed by atoms with van der Waals surface area (Å²) in [5.41, 5.74) is 2.94. The lowest BCUT2D eigenvalue weighted by atomic mass is 9.80. The van der Waals surface area contributed by atoms with Crippen LogP contribution in [0.3, 0.4) is 0 Å². The Labute approximate surface area is 108 Å². The Morgan fingerprint density at radius 3 is 1.82 bits per heavy atom. The van der Waals surface area contributed by atoms with Gasteiger partial charge in [-0.25, -0.2) is 0 Å². The molecule has 0 spiro atoms. The minimum Gasteiger partial charge on any atom is -0.496 e. The number of hydrogen-bond acceptors (Lipinski definition) is 1. The first-order chi connectivity index (χ1) is 7.57. The Hall–Kier alpha value is -0.550. The summed E-state index contributed by atoms with van der Waals surface area (Å²) in [6.45, 7) is 13.4. The largest absolute Gasteiger partial charge is 0.496 e. The van der Waals surface area contributed by atoms with Gasteiger partial charge in [-0.3, -0.25) is 0 Å². The van der Waals surface area contributed by atoms with Crippen LogP contribution in [0.5, 0.6) is 5.75 Å². The van der Waals surface area contributed by atoms with E-state index in [-0.39, 0.29) is 10.8 Å². The van der Waals surface area contributed by atoms with Crippen LogP contribution in [0.1, 0.15) is 52.7 Å². The summed E-state index contributed by atoms with van der Waals surface area (Å²) in [6, 6.07) is 4.46. The molecule has 0 bridgehead atoms. The maximum Gasteiger partial charge on any atom is 0.126 e. The topological polar surface area (TPSA) is 9.23 Å². The average Bonchev–Trinajstić information content (AvgIpc) is 2.14. The lowest BCUT2D eigenvalue weighted by molar-refractivity contribution is 0.414. The number of ether oxygens (including phenoxy) is 1. The van der Waals surface area contributed by atoms with Crippen LogP contribution in [-0.2, 0) is 10.8 Å². The molecular weight excluding hydrogens is 227 g/mol. The fourth-order valence-electron chi connectivity index (χ4n) is 1.85. The molecule has 1 aromatic carbocycles. The van der Waals surface area contributed by atoms with Crippen molar-refractivity contribution in [3.8, 4) is 5.75 Å². The quantitative estimate of drug-likeness (QED) is 0.691. The van der Waals surface area contributed by atoms with Crippen molar-refractivity contribution in [1.29, 1.82) is 0 Å². The zero-order valence-corrected chi connectivity index (χ0v) is 13.3. The Morgan fingerprint density at radius 2 is 1.47 bits per heavy atom. The first-order valence-corrected chi connectivity index (χ1v) is 6.63. The van der Waals surface area contributed by atoms with Gasteiger partial charge in [0.1, 0.15) is 5.75 Å². The number of benzene rings is 1. The van der Waals surface area contributed by atoms with Gasteiger partial charge < -0.3 is 4.74 Å². The van der Waals surface area contributed by atoms with Crippen molar-refractivity contribution >= 4 is 14.5 Å². The van der Waals surface area contributed by atoms with E-state index < -0.39 is 0 Å². The van der Waals surface area contributed by atoms with Gasteiger partial charge in [-0.1, -0.05) is 47.6 Å². The van der Waals surface area contributed by atoms with Gasteiger partial charge in [-0.15, -0.1) is 9.24 Å². The van der Waals surface area contributed by atoms with Crippen molar-refractivity contribution in [2.45, 2.75) is 52.4 Å². The molecular formula is C15H25OP. The summed E-state index contributed by atoms with van der Waals surface area (Å²) in [5.74, 6) is 0.965. The lowest BCUT2D eigenvalue weighted by Gasteiger charge is -2.28. The minimum absolute atomic E-state index is 0.131. The highest BCUT2D eigenvalue weighted by Gasteiger charge is 2.23. The highest BCUT2D eigenvalue weighted by Crippen LogP contribution is 2.32. The van der Waals surface area contributed by atoms with Crippen molar-refractivity contribution in [1.82, 2.24) is 0 Å². The Balaban J connectivity index is 3.50. The molecule has 0 radical (unpaired) electrons. The van der Waals surface area contributed by atoms with Crippen LogP contribution in [0.2, 0.25) is 0 Å². The van der Waals surface area contributed by atoms with E-state index in [4.69, 9.17) is 4.74 Å². The van der Waals surface area contributed by atoms with Crippen LogP contribution in [0.15, 0.2) is 12.1 Å². The number of methoxy groups -OCH3 is 1. The molecule has 0 saturated heterocycles. The van der Waals surface area contributed by atoms with Gasteiger partial charge >= 0.3 is 0 Å². The van der Waals surface area contributed by atoms with Crippen molar-refractivity contribution in [2.24, 2.45) is 0 Å². The maximum atomic E-state index is 5.50. The summed E-state index contributed by atoms with van der Waals surface area (Å²) < 4.78 is 5.50. The molecule has 1 rings (SSSR count). The summed E-state index contributed by atoms with van der Waals surface area (Å²) in [6.07, 6.45) is 0. The molecule has 1 aromatic rings. The fourth-order valence-corrected chi connectivity index (χ4v) is 2.57. The second-order valence-corrected chi connectivity index (χ2v) is 7.22. The maximum absolute atomic E-state index is 5.50. The molecule has 0 N–H and O–H groups in total. The van der Waals surface area contributed by atoms with E-state index in [1.165, 1.54) is 16.4 Å². The van der Waals surface area contributed by atoms with Gasteiger partial charge in [-0.05, 0) is 28.0 Å². The smallest absolute Gasteiger partial charge is 0.126 e.